The lowest BCUT2D eigenvalue weighted by Crippen LogP contribution is -2.51. The maximum atomic E-state index is 14.0. The van der Waals surface area contributed by atoms with Gasteiger partial charge < -0.3 is 10.0 Å². The van der Waals surface area contributed by atoms with Crippen LogP contribution in [0.25, 0.3) is 0 Å². The van der Waals surface area contributed by atoms with E-state index in [2.05, 4.69) is 0 Å². The normalized spacial score (nSPS) is 16.1. The molecule has 4 nitrogen and oxygen atoms in total. The number of hydrogen-bond acceptors (Lipinski definition) is 2. The molecule has 0 aromatic heterocycles. The quantitative estimate of drug-likeness (QED) is 0.907. The predicted octanol–water partition coefficient (Wildman–Crippen LogP) is 2.32. The standard InChI is InChI=1S/C15H17F2NO3/c1-18(9-6-12(19)20)14(21)15(7-3-8-15)13-10(16)4-2-5-11(13)17/h2,4-5H,3,6-9H2,1H3,(H,19,20). The Labute approximate surface area is 121 Å². The number of carboxylic acids is 1. The maximum absolute atomic E-state index is 14.0. The minimum atomic E-state index is -1.19. The number of amides is 1. The van der Waals surface area contributed by atoms with Crippen LogP contribution in [-0.2, 0) is 15.0 Å². The summed E-state index contributed by atoms with van der Waals surface area (Å²) in [7, 11) is 1.46. The number of nitrogens with zero attached hydrogens (tertiary/aromatic N) is 1. The highest BCUT2D eigenvalue weighted by atomic mass is 19.1. The fourth-order valence-electron chi connectivity index (χ4n) is 2.79. The minimum absolute atomic E-state index is 0.0198. The fourth-order valence-corrected chi connectivity index (χ4v) is 2.79. The number of hydrogen-bond donors (Lipinski definition) is 1. The summed E-state index contributed by atoms with van der Waals surface area (Å²) in [5.74, 6) is -2.89. The molecule has 1 aromatic carbocycles. The summed E-state index contributed by atoms with van der Waals surface area (Å²) < 4.78 is 28.0. The molecule has 0 saturated heterocycles. The van der Waals surface area contributed by atoms with Crippen molar-refractivity contribution in [2.45, 2.75) is 31.1 Å². The van der Waals surface area contributed by atoms with Crippen LogP contribution >= 0.6 is 0 Å². The number of likely N-dealkylation sites (N-methyl/N-ethyl adjacent to an activating group) is 1. The Bertz CT molecular complexity index is 550. The van der Waals surface area contributed by atoms with Gasteiger partial charge in [-0.05, 0) is 25.0 Å². The van der Waals surface area contributed by atoms with E-state index in [0.717, 1.165) is 12.1 Å². The first-order valence-electron chi connectivity index (χ1n) is 6.80. The highest BCUT2D eigenvalue weighted by Crippen LogP contribution is 2.46. The first-order chi connectivity index (χ1) is 9.88. The summed E-state index contributed by atoms with van der Waals surface area (Å²) in [5.41, 5.74) is -1.38. The second kappa shape index (κ2) is 5.79. The number of halogens is 2. The van der Waals surface area contributed by atoms with Gasteiger partial charge in [0, 0.05) is 19.2 Å². The SMILES string of the molecule is CN(CCC(=O)O)C(=O)C1(c2c(F)cccc2F)CCC1. The smallest absolute Gasteiger partial charge is 0.305 e. The Morgan fingerprint density at radius 2 is 1.86 bits per heavy atom. The molecule has 2 rings (SSSR count). The monoisotopic (exact) mass is 297 g/mol. The van der Waals surface area contributed by atoms with Crippen molar-refractivity contribution in [2.24, 2.45) is 0 Å². The van der Waals surface area contributed by atoms with E-state index < -0.39 is 28.9 Å². The van der Waals surface area contributed by atoms with Crippen LogP contribution in [0, 0.1) is 11.6 Å². The third-order valence-electron chi connectivity index (χ3n) is 4.07. The third-order valence-corrected chi connectivity index (χ3v) is 4.07. The van der Waals surface area contributed by atoms with E-state index in [9.17, 15) is 18.4 Å². The molecule has 0 unspecified atom stereocenters. The van der Waals surface area contributed by atoms with Gasteiger partial charge in [-0.3, -0.25) is 9.59 Å². The molecule has 0 bridgehead atoms. The molecule has 1 aliphatic carbocycles. The van der Waals surface area contributed by atoms with Gasteiger partial charge in [-0.1, -0.05) is 12.5 Å². The van der Waals surface area contributed by atoms with Gasteiger partial charge in [0.05, 0.1) is 11.8 Å². The lowest BCUT2D eigenvalue weighted by molar-refractivity contribution is -0.142. The number of carbonyl (C=O) groups excluding carboxylic acids is 1. The first-order valence-corrected chi connectivity index (χ1v) is 6.80. The molecule has 1 fully saturated rings. The van der Waals surface area contributed by atoms with Crippen molar-refractivity contribution >= 4 is 11.9 Å². The summed E-state index contributed by atoms with van der Waals surface area (Å²) in [5, 5.41) is 8.67. The number of benzene rings is 1. The van der Waals surface area contributed by atoms with E-state index in [1.807, 2.05) is 0 Å². The summed E-state index contributed by atoms with van der Waals surface area (Å²) >= 11 is 0. The van der Waals surface area contributed by atoms with Crippen LogP contribution in [0.5, 0.6) is 0 Å². The van der Waals surface area contributed by atoms with Crippen LogP contribution in [0.15, 0.2) is 18.2 Å². The largest absolute Gasteiger partial charge is 0.481 e. The van der Waals surface area contributed by atoms with Gasteiger partial charge in [0.2, 0.25) is 5.91 Å². The van der Waals surface area contributed by atoms with E-state index >= 15 is 0 Å². The van der Waals surface area contributed by atoms with Crippen molar-refractivity contribution in [1.82, 2.24) is 4.90 Å². The van der Waals surface area contributed by atoms with Gasteiger partial charge >= 0.3 is 5.97 Å². The fraction of sp³-hybridized carbons (Fsp3) is 0.467. The number of rotatable bonds is 5. The Morgan fingerprint density at radius 3 is 2.29 bits per heavy atom. The van der Waals surface area contributed by atoms with Crippen molar-refractivity contribution < 1.29 is 23.5 Å². The van der Waals surface area contributed by atoms with E-state index in [4.69, 9.17) is 5.11 Å². The molecule has 114 valence electrons. The molecule has 1 N–H and O–H groups in total. The Morgan fingerprint density at radius 1 is 1.29 bits per heavy atom. The van der Waals surface area contributed by atoms with Crippen molar-refractivity contribution in [2.75, 3.05) is 13.6 Å². The molecule has 0 radical (unpaired) electrons. The first kappa shape index (κ1) is 15.4. The molecule has 1 aliphatic rings. The van der Waals surface area contributed by atoms with Crippen LogP contribution in [0.3, 0.4) is 0 Å². The second-order valence-corrected chi connectivity index (χ2v) is 5.40. The van der Waals surface area contributed by atoms with Gasteiger partial charge in [-0.25, -0.2) is 8.78 Å². The molecular formula is C15H17F2NO3. The predicted molar refractivity (Wildman–Crippen MR) is 71.8 cm³/mol. The highest BCUT2D eigenvalue weighted by molar-refractivity contribution is 5.89. The summed E-state index contributed by atoms with van der Waals surface area (Å²) in [6.45, 7) is 0.0198. The zero-order chi connectivity index (χ0) is 15.6. The Hall–Kier alpha value is -1.98. The van der Waals surface area contributed by atoms with E-state index in [0.29, 0.717) is 19.3 Å². The van der Waals surface area contributed by atoms with Gasteiger partial charge in [-0.2, -0.15) is 0 Å². The third kappa shape index (κ3) is 2.75. The molecule has 0 atom stereocenters. The molecular weight excluding hydrogens is 280 g/mol. The molecule has 0 spiro atoms. The molecule has 6 heteroatoms. The average molecular weight is 297 g/mol. The summed E-state index contributed by atoms with van der Waals surface area (Å²) in [4.78, 5) is 24.4. The summed E-state index contributed by atoms with van der Waals surface area (Å²) in [6, 6.07) is 3.55. The molecule has 21 heavy (non-hydrogen) atoms. The van der Waals surface area contributed by atoms with Crippen LogP contribution < -0.4 is 0 Å². The second-order valence-electron chi connectivity index (χ2n) is 5.40. The average Bonchev–Trinajstić information content (AvgIpc) is 2.37. The van der Waals surface area contributed by atoms with E-state index in [-0.39, 0.29) is 18.5 Å². The minimum Gasteiger partial charge on any atom is -0.481 e. The molecule has 0 heterocycles. The van der Waals surface area contributed by atoms with Crippen LogP contribution in [0.2, 0.25) is 0 Å². The van der Waals surface area contributed by atoms with Crippen molar-refractivity contribution in [1.29, 1.82) is 0 Å². The van der Waals surface area contributed by atoms with Gasteiger partial charge in [0.15, 0.2) is 0 Å². The van der Waals surface area contributed by atoms with Gasteiger partial charge in [0.25, 0.3) is 0 Å². The number of carboxylic acid groups (broad SMARTS) is 1. The molecule has 1 aromatic rings. The van der Waals surface area contributed by atoms with Crippen LogP contribution in [0.4, 0.5) is 8.78 Å². The van der Waals surface area contributed by atoms with Crippen molar-refractivity contribution in [3.63, 3.8) is 0 Å². The van der Waals surface area contributed by atoms with Crippen molar-refractivity contribution in [3.8, 4) is 0 Å². The van der Waals surface area contributed by atoms with Crippen molar-refractivity contribution in [3.05, 3.63) is 35.4 Å². The molecule has 0 aliphatic heterocycles. The van der Waals surface area contributed by atoms with E-state index in [1.54, 1.807) is 0 Å². The van der Waals surface area contributed by atoms with Crippen LogP contribution in [0.1, 0.15) is 31.2 Å². The highest BCUT2D eigenvalue weighted by Gasteiger charge is 2.50. The number of carbonyl (C=O) groups is 2. The molecule has 1 amide bonds. The van der Waals surface area contributed by atoms with Gasteiger partial charge in [0.1, 0.15) is 11.6 Å². The topological polar surface area (TPSA) is 57.6 Å². The van der Waals surface area contributed by atoms with Gasteiger partial charge in [-0.15, -0.1) is 0 Å². The summed E-state index contributed by atoms with van der Waals surface area (Å²) in [6.07, 6.45) is 1.27. The lowest BCUT2D eigenvalue weighted by Gasteiger charge is -2.43. The zero-order valence-corrected chi connectivity index (χ0v) is 11.7. The zero-order valence-electron chi connectivity index (χ0n) is 11.7. The number of aliphatic carboxylic acids is 1. The van der Waals surface area contributed by atoms with E-state index in [1.165, 1.54) is 18.0 Å². The molecule has 1 saturated carbocycles. The Kier molecular flexibility index (Phi) is 4.25. The van der Waals surface area contributed by atoms with Crippen LogP contribution in [-0.4, -0.2) is 35.5 Å². The maximum Gasteiger partial charge on any atom is 0.305 e. The Balaban J connectivity index is 2.29. The lowest BCUT2D eigenvalue weighted by atomic mass is 9.63.